The molecule has 0 radical (unpaired) electrons. The number of furan rings is 1. The van der Waals surface area contributed by atoms with Gasteiger partial charge in [0.05, 0.1) is 17.9 Å². The van der Waals surface area contributed by atoms with Crippen molar-refractivity contribution in [3.05, 3.63) is 58.0 Å². The molecule has 0 spiro atoms. The van der Waals surface area contributed by atoms with Crippen LogP contribution in [0.1, 0.15) is 28.9 Å². The summed E-state index contributed by atoms with van der Waals surface area (Å²) < 4.78 is 4.94. The lowest BCUT2D eigenvalue weighted by molar-refractivity contribution is 0.0742. The SMILES string of the molecule is CC(c1ccccc1Cl)N(C)C(=O)c1ccoc1Cl. The summed E-state index contributed by atoms with van der Waals surface area (Å²) in [5.41, 5.74) is 1.24. The molecule has 0 aliphatic carbocycles. The van der Waals surface area contributed by atoms with Gasteiger partial charge in [-0.05, 0) is 36.2 Å². The fourth-order valence-electron chi connectivity index (χ4n) is 1.83. The van der Waals surface area contributed by atoms with E-state index < -0.39 is 0 Å². The summed E-state index contributed by atoms with van der Waals surface area (Å²) in [5.74, 6) is -0.203. The monoisotopic (exact) mass is 297 g/mol. The maximum absolute atomic E-state index is 12.3. The average molecular weight is 298 g/mol. The van der Waals surface area contributed by atoms with Gasteiger partial charge in [0.2, 0.25) is 5.22 Å². The quantitative estimate of drug-likeness (QED) is 0.840. The van der Waals surface area contributed by atoms with E-state index >= 15 is 0 Å². The van der Waals surface area contributed by atoms with Crippen LogP contribution in [0, 0.1) is 0 Å². The molecule has 19 heavy (non-hydrogen) atoms. The fourth-order valence-corrected chi connectivity index (χ4v) is 2.32. The Morgan fingerprint density at radius 3 is 2.53 bits per heavy atom. The summed E-state index contributed by atoms with van der Waals surface area (Å²) in [5, 5.41) is 0.733. The van der Waals surface area contributed by atoms with E-state index in [2.05, 4.69) is 0 Å². The Bertz CT molecular complexity index is 595. The maximum Gasteiger partial charge on any atom is 0.258 e. The van der Waals surface area contributed by atoms with E-state index in [9.17, 15) is 4.79 Å². The summed E-state index contributed by atoms with van der Waals surface area (Å²) >= 11 is 12.0. The first-order valence-electron chi connectivity index (χ1n) is 5.77. The van der Waals surface area contributed by atoms with Crippen molar-refractivity contribution in [1.82, 2.24) is 4.90 Å². The first-order chi connectivity index (χ1) is 9.02. The number of nitrogens with zero attached hydrogens (tertiary/aromatic N) is 1. The molecule has 1 aromatic heterocycles. The van der Waals surface area contributed by atoms with Crippen LogP contribution in [0.2, 0.25) is 10.2 Å². The van der Waals surface area contributed by atoms with Gasteiger partial charge >= 0.3 is 0 Å². The van der Waals surface area contributed by atoms with Gasteiger partial charge in [-0.25, -0.2) is 0 Å². The van der Waals surface area contributed by atoms with Crippen LogP contribution in [0.5, 0.6) is 0 Å². The molecule has 0 saturated carbocycles. The fraction of sp³-hybridized carbons (Fsp3) is 0.214. The standard InChI is InChI=1S/C14H13Cl2NO2/c1-9(10-5-3-4-6-12(10)15)17(2)14(18)11-7-8-19-13(11)16/h3-9H,1-2H3. The van der Waals surface area contributed by atoms with Crippen LogP contribution >= 0.6 is 23.2 Å². The van der Waals surface area contributed by atoms with E-state index in [-0.39, 0.29) is 17.2 Å². The predicted molar refractivity (Wildman–Crippen MR) is 75.7 cm³/mol. The first kappa shape index (κ1) is 14.0. The van der Waals surface area contributed by atoms with Gasteiger partial charge in [-0.2, -0.15) is 0 Å². The van der Waals surface area contributed by atoms with E-state index in [0.717, 1.165) is 5.56 Å². The highest BCUT2D eigenvalue weighted by Crippen LogP contribution is 2.28. The Balaban J connectivity index is 2.25. The molecule has 0 saturated heterocycles. The zero-order valence-corrected chi connectivity index (χ0v) is 12.1. The lowest BCUT2D eigenvalue weighted by Gasteiger charge is -2.25. The molecule has 1 heterocycles. The van der Waals surface area contributed by atoms with Crippen molar-refractivity contribution in [2.24, 2.45) is 0 Å². The summed E-state index contributed by atoms with van der Waals surface area (Å²) in [7, 11) is 1.71. The van der Waals surface area contributed by atoms with Crippen molar-refractivity contribution < 1.29 is 9.21 Å². The highest BCUT2D eigenvalue weighted by atomic mass is 35.5. The lowest BCUT2D eigenvalue weighted by atomic mass is 10.1. The Hall–Kier alpha value is -1.45. The number of carbonyl (C=O) groups is 1. The second-order valence-electron chi connectivity index (χ2n) is 4.22. The molecule has 100 valence electrons. The number of benzene rings is 1. The molecule has 0 bridgehead atoms. The van der Waals surface area contributed by atoms with Crippen LogP contribution in [0.4, 0.5) is 0 Å². The van der Waals surface area contributed by atoms with Gasteiger partial charge in [-0.15, -0.1) is 0 Å². The third kappa shape index (κ3) is 2.77. The Morgan fingerprint density at radius 1 is 1.26 bits per heavy atom. The summed E-state index contributed by atoms with van der Waals surface area (Å²) in [4.78, 5) is 13.9. The van der Waals surface area contributed by atoms with Crippen molar-refractivity contribution in [3.8, 4) is 0 Å². The van der Waals surface area contributed by atoms with Gasteiger partial charge in [-0.1, -0.05) is 29.8 Å². The summed E-state index contributed by atoms with van der Waals surface area (Å²) in [6, 6.07) is 8.84. The topological polar surface area (TPSA) is 33.5 Å². The maximum atomic E-state index is 12.3. The van der Waals surface area contributed by atoms with E-state index in [0.29, 0.717) is 10.6 Å². The highest BCUT2D eigenvalue weighted by Gasteiger charge is 2.23. The minimum atomic E-state index is -0.203. The number of hydrogen-bond acceptors (Lipinski definition) is 2. The van der Waals surface area contributed by atoms with Crippen molar-refractivity contribution in [3.63, 3.8) is 0 Å². The number of rotatable bonds is 3. The third-order valence-electron chi connectivity index (χ3n) is 3.10. The molecule has 1 amide bonds. The lowest BCUT2D eigenvalue weighted by Crippen LogP contribution is -2.29. The van der Waals surface area contributed by atoms with Gasteiger partial charge in [0.1, 0.15) is 0 Å². The predicted octanol–water partition coefficient (Wildman–Crippen LogP) is 4.42. The minimum absolute atomic E-state index is 0.100. The van der Waals surface area contributed by atoms with E-state index in [1.807, 2.05) is 25.1 Å². The first-order valence-corrected chi connectivity index (χ1v) is 6.52. The number of hydrogen-bond donors (Lipinski definition) is 0. The number of carbonyl (C=O) groups excluding carboxylic acids is 1. The summed E-state index contributed by atoms with van der Waals surface area (Å²) in [6.45, 7) is 1.91. The molecule has 2 rings (SSSR count). The number of halogens is 2. The largest absolute Gasteiger partial charge is 0.452 e. The van der Waals surface area contributed by atoms with Gasteiger partial charge in [0.15, 0.2) is 0 Å². The molecule has 1 aromatic carbocycles. The van der Waals surface area contributed by atoms with Crippen LogP contribution in [0.15, 0.2) is 41.0 Å². The van der Waals surface area contributed by atoms with Gasteiger partial charge in [0.25, 0.3) is 5.91 Å². The van der Waals surface area contributed by atoms with E-state index in [1.165, 1.54) is 6.26 Å². The average Bonchev–Trinajstić information content (AvgIpc) is 2.83. The van der Waals surface area contributed by atoms with Gasteiger partial charge in [-0.3, -0.25) is 4.79 Å². The Labute approximate surface area is 121 Å². The van der Waals surface area contributed by atoms with Crippen molar-refractivity contribution in [2.45, 2.75) is 13.0 Å². The Morgan fingerprint density at radius 2 is 1.95 bits per heavy atom. The zero-order chi connectivity index (χ0) is 14.0. The van der Waals surface area contributed by atoms with E-state index in [1.54, 1.807) is 24.1 Å². The molecule has 1 atom stereocenters. The van der Waals surface area contributed by atoms with Crippen LogP contribution in [-0.4, -0.2) is 17.9 Å². The second kappa shape index (κ2) is 5.68. The van der Waals surface area contributed by atoms with Crippen LogP contribution < -0.4 is 0 Å². The summed E-state index contributed by atoms with van der Waals surface area (Å²) in [6.07, 6.45) is 1.39. The van der Waals surface area contributed by atoms with Gasteiger partial charge in [0, 0.05) is 12.1 Å². The highest BCUT2D eigenvalue weighted by molar-refractivity contribution is 6.32. The van der Waals surface area contributed by atoms with Crippen molar-refractivity contribution >= 4 is 29.1 Å². The van der Waals surface area contributed by atoms with Crippen molar-refractivity contribution in [2.75, 3.05) is 7.05 Å². The van der Waals surface area contributed by atoms with Crippen LogP contribution in [0.3, 0.4) is 0 Å². The van der Waals surface area contributed by atoms with E-state index in [4.69, 9.17) is 27.6 Å². The molecule has 5 heteroatoms. The molecule has 0 aliphatic rings. The number of amides is 1. The van der Waals surface area contributed by atoms with Crippen LogP contribution in [0.25, 0.3) is 0 Å². The molecular formula is C14H13Cl2NO2. The van der Waals surface area contributed by atoms with Gasteiger partial charge < -0.3 is 9.32 Å². The molecule has 0 N–H and O–H groups in total. The second-order valence-corrected chi connectivity index (χ2v) is 4.97. The minimum Gasteiger partial charge on any atom is -0.452 e. The molecule has 3 nitrogen and oxygen atoms in total. The smallest absolute Gasteiger partial charge is 0.258 e. The molecule has 1 unspecified atom stereocenters. The van der Waals surface area contributed by atoms with Crippen molar-refractivity contribution in [1.29, 1.82) is 0 Å². The molecular weight excluding hydrogens is 285 g/mol. The normalized spacial score (nSPS) is 12.2. The zero-order valence-electron chi connectivity index (χ0n) is 10.6. The molecule has 0 fully saturated rings. The third-order valence-corrected chi connectivity index (χ3v) is 3.74. The van der Waals surface area contributed by atoms with Crippen LogP contribution in [-0.2, 0) is 0 Å². The Kier molecular flexibility index (Phi) is 4.17. The molecule has 2 aromatic rings. The molecule has 0 aliphatic heterocycles.